The smallest absolute Gasteiger partial charge is 0.340 e. The Morgan fingerprint density at radius 2 is 1.95 bits per heavy atom. The summed E-state index contributed by atoms with van der Waals surface area (Å²) in [5.41, 5.74) is 6.04. The van der Waals surface area contributed by atoms with E-state index in [4.69, 9.17) is 5.73 Å². The Kier molecular flexibility index (Phi) is 3.79. The number of pyridine rings is 1. The number of nitrogen functional groups attached to an aromatic ring is 1. The molecule has 0 saturated heterocycles. The molecule has 3 N–H and O–H groups in total. The largest absolute Gasteiger partial charge is 0.465 e. The molecule has 1 aromatic carbocycles. The molecular formula is C13H11F2N3O2. The maximum absolute atomic E-state index is 13.1. The minimum atomic E-state index is -0.741. The highest BCUT2D eigenvalue weighted by atomic mass is 19.1. The number of carbonyl (C=O) groups is 1. The SMILES string of the molecule is COC(=O)c1ccnc(Nc2cc(F)cc(F)c2)c1N. The van der Waals surface area contributed by atoms with Crippen molar-refractivity contribution in [3.8, 4) is 0 Å². The maximum atomic E-state index is 13.1. The van der Waals surface area contributed by atoms with Gasteiger partial charge in [0, 0.05) is 18.0 Å². The molecule has 0 aliphatic heterocycles. The van der Waals surface area contributed by atoms with Crippen LogP contribution in [0.2, 0.25) is 0 Å². The highest BCUT2D eigenvalue weighted by molar-refractivity contribution is 5.97. The van der Waals surface area contributed by atoms with E-state index in [0.717, 1.165) is 18.2 Å². The first-order valence-electron chi connectivity index (χ1n) is 5.57. The average molecular weight is 279 g/mol. The fraction of sp³-hybridized carbons (Fsp3) is 0.0769. The molecule has 1 heterocycles. The summed E-state index contributed by atoms with van der Waals surface area (Å²) in [7, 11) is 1.22. The molecule has 0 saturated carbocycles. The number of ether oxygens (including phenoxy) is 1. The van der Waals surface area contributed by atoms with Gasteiger partial charge in [-0.15, -0.1) is 0 Å². The number of rotatable bonds is 3. The lowest BCUT2D eigenvalue weighted by Crippen LogP contribution is -2.09. The van der Waals surface area contributed by atoms with Crippen molar-refractivity contribution in [3.63, 3.8) is 0 Å². The predicted molar refractivity (Wildman–Crippen MR) is 69.6 cm³/mol. The number of nitrogens with one attached hydrogen (secondary N) is 1. The number of carbonyl (C=O) groups excluding carboxylic acids is 1. The summed E-state index contributed by atoms with van der Waals surface area (Å²) >= 11 is 0. The van der Waals surface area contributed by atoms with Gasteiger partial charge >= 0.3 is 5.97 Å². The molecule has 0 aliphatic rings. The van der Waals surface area contributed by atoms with E-state index >= 15 is 0 Å². The molecule has 0 amide bonds. The molecule has 5 nitrogen and oxygen atoms in total. The topological polar surface area (TPSA) is 77.2 Å². The summed E-state index contributed by atoms with van der Waals surface area (Å²) in [5, 5.41) is 2.65. The first-order valence-corrected chi connectivity index (χ1v) is 5.57. The van der Waals surface area contributed by atoms with E-state index in [1.54, 1.807) is 0 Å². The van der Waals surface area contributed by atoms with Crippen LogP contribution in [0, 0.1) is 11.6 Å². The van der Waals surface area contributed by atoms with E-state index in [9.17, 15) is 13.6 Å². The van der Waals surface area contributed by atoms with Crippen molar-refractivity contribution in [1.29, 1.82) is 0 Å². The first-order chi connectivity index (χ1) is 9.51. The Balaban J connectivity index is 2.36. The number of aromatic nitrogens is 1. The van der Waals surface area contributed by atoms with E-state index in [1.165, 1.54) is 19.4 Å². The number of anilines is 3. The molecular weight excluding hydrogens is 268 g/mol. The molecule has 104 valence electrons. The van der Waals surface area contributed by atoms with Crippen LogP contribution in [0.15, 0.2) is 30.5 Å². The van der Waals surface area contributed by atoms with Gasteiger partial charge in [-0.25, -0.2) is 18.6 Å². The van der Waals surface area contributed by atoms with E-state index in [2.05, 4.69) is 15.0 Å². The molecule has 7 heteroatoms. The first kappa shape index (κ1) is 13.7. The van der Waals surface area contributed by atoms with Crippen LogP contribution >= 0.6 is 0 Å². The van der Waals surface area contributed by atoms with Crippen molar-refractivity contribution in [2.45, 2.75) is 0 Å². The maximum Gasteiger partial charge on any atom is 0.340 e. The van der Waals surface area contributed by atoms with Crippen molar-refractivity contribution in [1.82, 2.24) is 4.98 Å². The molecule has 0 fully saturated rings. The second-order valence-electron chi connectivity index (χ2n) is 3.90. The van der Waals surface area contributed by atoms with Gasteiger partial charge in [-0.3, -0.25) is 0 Å². The number of halogens is 2. The van der Waals surface area contributed by atoms with Gasteiger partial charge < -0.3 is 15.8 Å². The fourth-order valence-corrected chi connectivity index (χ4v) is 1.62. The number of nitrogens with zero attached hydrogens (tertiary/aromatic N) is 1. The van der Waals surface area contributed by atoms with Crippen LogP contribution in [-0.2, 0) is 4.74 Å². The lowest BCUT2D eigenvalue weighted by molar-refractivity contribution is 0.0602. The van der Waals surface area contributed by atoms with E-state index in [-0.39, 0.29) is 22.8 Å². The highest BCUT2D eigenvalue weighted by Crippen LogP contribution is 2.25. The fourth-order valence-electron chi connectivity index (χ4n) is 1.62. The summed E-state index contributed by atoms with van der Waals surface area (Å²) in [6.45, 7) is 0. The second-order valence-corrected chi connectivity index (χ2v) is 3.90. The zero-order valence-electron chi connectivity index (χ0n) is 10.5. The highest BCUT2D eigenvalue weighted by Gasteiger charge is 2.14. The van der Waals surface area contributed by atoms with Crippen molar-refractivity contribution in [2.24, 2.45) is 0 Å². The molecule has 0 aliphatic carbocycles. The Bertz CT molecular complexity index is 642. The third-order valence-corrected chi connectivity index (χ3v) is 2.52. The normalized spacial score (nSPS) is 10.2. The Labute approximate surface area is 113 Å². The molecule has 0 spiro atoms. The summed E-state index contributed by atoms with van der Waals surface area (Å²) < 4.78 is 30.7. The number of hydrogen-bond donors (Lipinski definition) is 2. The van der Waals surface area contributed by atoms with E-state index < -0.39 is 17.6 Å². The van der Waals surface area contributed by atoms with Crippen LogP contribution in [0.4, 0.5) is 26.0 Å². The lowest BCUT2D eigenvalue weighted by atomic mass is 10.2. The predicted octanol–water partition coefficient (Wildman–Crippen LogP) is 2.47. The zero-order chi connectivity index (χ0) is 14.7. The summed E-state index contributed by atoms with van der Waals surface area (Å²) in [6.07, 6.45) is 1.33. The molecule has 0 unspecified atom stereocenters. The standard InChI is InChI=1S/C13H11F2N3O2/c1-20-13(19)10-2-3-17-12(11(10)16)18-9-5-7(14)4-8(15)6-9/h2-6H,16H2,1H3,(H,17,18). The Hall–Kier alpha value is -2.70. The van der Waals surface area contributed by atoms with Crippen LogP contribution < -0.4 is 11.1 Å². The molecule has 2 rings (SSSR count). The number of methoxy groups -OCH3 is 1. The van der Waals surface area contributed by atoms with Crippen LogP contribution in [0.1, 0.15) is 10.4 Å². The molecule has 0 radical (unpaired) electrons. The number of benzene rings is 1. The van der Waals surface area contributed by atoms with Gasteiger partial charge in [0.1, 0.15) is 11.6 Å². The number of esters is 1. The van der Waals surface area contributed by atoms with Gasteiger partial charge in [0.05, 0.1) is 18.4 Å². The summed E-state index contributed by atoms with van der Waals surface area (Å²) in [5.74, 6) is -2.00. The summed E-state index contributed by atoms with van der Waals surface area (Å²) in [6, 6.07) is 4.29. The summed E-state index contributed by atoms with van der Waals surface area (Å²) in [4.78, 5) is 15.4. The van der Waals surface area contributed by atoms with Crippen LogP contribution in [0.25, 0.3) is 0 Å². The minimum Gasteiger partial charge on any atom is -0.465 e. The van der Waals surface area contributed by atoms with E-state index in [1.807, 2.05) is 0 Å². The average Bonchev–Trinajstić information content (AvgIpc) is 2.39. The number of hydrogen-bond acceptors (Lipinski definition) is 5. The van der Waals surface area contributed by atoms with Crippen LogP contribution in [0.5, 0.6) is 0 Å². The molecule has 2 aromatic rings. The third kappa shape index (κ3) is 2.82. The van der Waals surface area contributed by atoms with Crippen molar-refractivity contribution >= 4 is 23.2 Å². The quantitative estimate of drug-likeness (QED) is 0.844. The number of nitrogens with two attached hydrogens (primary N) is 1. The van der Waals surface area contributed by atoms with Crippen molar-refractivity contribution in [2.75, 3.05) is 18.2 Å². The molecule has 1 aromatic heterocycles. The van der Waals surface area contributed by atoms with Gasteiger partial charge in [-0.1, -0.05) is 0 Å². The third-order valence-electron chi connectivity index (χ3n) is 2.52. The van der Waals surface area contributed by atoms with Gasteiger partial charge in [-0.2, -0.15) is 0 Å². The minimum absolute atomic E-state index is 0.0315. The monoisotopic (exact) mass is 279 g/mol. The van der Waals surface area contributed by atoms with E-state index in [0.29, 0.717) is 0 Å². The Morgan fingerprint density at radius 3 is 2.55 bits per heavy atom. The van der Waals surface area contributed by atoms with Crippen LogP contribution in [0.3, 0.4) is 0 Å². The van der Waals surface area contributed by atoms with Gasteiger partial charge in [0.25, 0.3) is 0 Å². The van der Waals surface area contributed by atoms with Crippen molar-refractivity contribution < 1.29 is 18.3 Å². The molecule has 0 bridgehead atoms. The molecule has 0 atom stereocenters. The van der Waals surface area contributed by atoms with Gasteiger partial charge in [0.15, 0.2) is 5.82 Å². The Morgan fingerprint density at radius 1 is 1.30 bits per heavy atom. The zero-order valence-corrected chi connectivity index (χ0v) is 10.5. The van der Waals surface area contributed by atoms with Gasteiger partial charge in [-0.05, 0) is 18.2 Å². The van der Waals surface area contributed by atoms with Crippen LogP contribution in [-0.4, -0.2) is 18.1 Å². The molecule has 20 heavy (non-hydrogen) atoms. The lowest BCUT2D eigenvalue weighted by Gasteiger charge is -2.11. The van der Waals surface area contributed by atoms with Gasteiger partial charge in [0.2, 0.25) is 0 Å². The second kappa shape index (κ2) is 5.52. The van der Waals surface area contributed by atoms with Crippen molar-refractivity contribution in [3.05, 3.63) is 47.7 Å².